The Balaban J connectivity index is 1.69. The van der Waals surface area contributed by atoms with E-state index >= 15 is 0 Å². The Bertz CT molecular complexity index is 950. The number of halogens is 3. The lowest BCUT2D eigenvalue weighted by molar-refractivity contribution is 0.0945. The second kappa shape index (κ2) is 7.93. The number of amides is 1. The zero-order valence-electron chi connectivity index (χ0n) is 13.5. The number of nitrogens with zero attached hydrogens (tertiary/aromatic N) is 1. The second-order valence-corrected chi connectivity index (χ2v) is 5.86. The molecule has 3 aromatic rings. The van der Waals surface area contributed by atoms with Crippen LogP contribution < -0.4 is 10.6 Å². The predicted molar refractivity (Wildman–Crippen MR) is 96.5 cm³/mol. The van der Waals surface area contributed by atoms with Gasteiger partial charge in [0.25, 0.3) is 5.91 Å². The number of hydrogen-bond acceptors (Lipinski definition) is 3. The third kappa shape index (κ3) is 4.34. The first-order valence-electron chi connectivity index (χ1n) is 7.72. The first-order valence-corrected chi connectivity index (χ1v) is 8.10. The van der Waals surface area contributed by atoms with E-state index in [-0.39, 0.29) is 23.1 Å². The quantitative estimate of drug-likeness (QED) is 0.682. The van der Waals surface area contributed by atoms with Gasteiger partial charge in [-0.25, -0.2) is 8.78 Å². The van der Waals surface area contributed by atoms with E-state index in [0.29, 0.717) is 16.9 Å². The van der Waals surface area contributed by atoms with Crippen molar-refractivity contribution < 1.29 is 13.6 Å². The van der Waals surface area contributed by atoms with E-state index in [0.717, 1.165) is 0 Å². The van der Waals surface area contributed by atoms with Crippen molar-refractivity contribution in [1.82, 2.24) is 10.3 Å². The number of pyridine rings is 1. The summed E-state index contributed by atoms with van der Waals surface area (Å²) >= 11 is 5.75. The molecule has 1 amide bonds. The molecule has 132 valence electrons. The number of hydrogen-bond donors (Lipinski definition) is 2. The largest absolute Gasteiger partial charge is 0.355 e. The number of anilines is 2. The molecule has 0 radical (unpaired) electrons. The average Bonchev–Trinajstić information content (AvgIpc) is 2.64. The number of carbonyl (C=O) groups excluding carboxylic acids is 1. The maximum absolute atomic E-state index is 13.6. The Kier molecular flexibility index (Phi) is 5.43. The van der Waals surface area contributed by atoms with Crippen molar-refractivity contribution in [2.75, 3.05) is 5.32 Å². The summed E-state index contributed by atoms with van der Waals surface area (Å²) in [6, 6.07) is 13.6. The molecule has 0 aliphatic heterocycles. The summed E-state index contributed by atoms with van der Waals surface area (Å²) < 4.78 is 26.8. The van der Waals surface area contributed by atoms with E-state index in [1.165, 1.54) is 36.5 Å². The molecule has 0 saturated heterocycles. The van der Waals surface area contributed by atoms with Gasteiger partial charge in [0, 0.05) is 29.7 Å². The Labute approximate surface area is 153 Å². The first-order chi connectivity index (χ1) is 12.5. The summed E-state index contributed by atoms with van der Waals surface area (Å²) in [5.41, 5.74) is 1.70. The van der Waals surface area contributed by atoms with Crippen molar-refractivity contribution in [3.8, 4) is 0 Å². The Hall–Kier alpha value is -2.99. The Morgan fingerprint density at radius 2 is 1.77 bits per heavy atom. The van der Waals surface area contributed by atoms with Gasteiger partial charge in [0.1, 0.15) is 17.3 Å². The minimum Gasteiger partial charge on any atom is -0.355 e. The molecule has 0 bridgehead atoms. The molecular formula is C19H14ClF2N3O. The lowest BCUT2D eigenvalue weighted by atomic mass is 10.2. The number of carbonyl (C=O) groups is 1. The molecule has 0 unspecified atom stereocenters. The van der Waals surface area contributed by atoms with Gasteiger partial charge in [-0.15, -0.1) is 0 Å². The molecule has 0 saturated carbocycles. The van der Waals surface area contributed by atoms with E-state index in [4.69, 9.17) is 11.6 Å². The number of nitrogens with one attached hydrogen (secondary N) is 2. The monoisotopic (exact) mass is 373 g/mol. The van der Waals surface area contributed by atoms with Crippen LogP contribution in [-0.4, -0.2) is 10.9 Å². The van der Waals surface area contributed by atoms with Crippen LogP contribution in [0.4, 0.5) is 20.2 Å². The minimum atomic E-state index is -0.514. The van der Waals surface area contributed by atoms with Crippen LogP contribution in [-0.2, 0) is 6.54 Å². The van der Waals surface area contributed by atoms with Crippen LogP contribution >= 0.6 is 11.6 Å². The Morgan fingerprint density at radius 1 is 1.00 bits per heavy atom. The van der Waals surface area contributed by atoms with Crippen LogP contribution in [0.3, 0.4) is 0 Å². The zero-order valence-corrected chi connectivity index (χ0v) is 14.2. The summed E-state index contributed by atoms with van der Waals surface area (Å²) in [7, 11) is 0. The van der Waals surface area contributed by atoms with Gasteiger partial charge in [-0.05, 0) is 36.4 Å². The molecule has 26 heavy (non-hydrogen) atoms. The van der Waals surface area contributed by atoms with Crippen molar-refractivity contribution in [3.63, 3.8) is 0 Å². The molecule has 0 aliphatic rings. The molecule has 2 aromatic carbocycles. The van der Waals surface area contributed by atoms with Crippen molar-refractivity contribution in [2.45, 2.75) is 6.54 Å². The maximum Gasteiger partial charge on any atom is 0.270 e. The molecule has 4 nitrogen and oxygen atoms in total. The maximum atomic E-state index is 13.6. The molecular weight excluding hydrogens is 360 g/mol. The standard InChI is InChI=1S/C19H14ClF2N3O/c20-15-9-13(5-6-17(15)22)25-14-7-8-23-18(10-14)19(26)24-11-12-3-1-2-4-16(12)21/h1-10H,11H2,(H,23,25)(H,24,26). The average molecular weight is 374 g/mol. The van der Waals surface area contributed by atoms with E-state index in [1.54, 1.807) is 24.3 Å². The highest BCUT2D eigenvalue weighted by atomic mass is 35.5. The van der Waals surface area contributed by atoms with Crippen LogP contribution in [0.25, 0.3) is 0 Å². The lowest BCUT2D eigenvalue weighted by Gasteiger charge is -2.09. The highest BCUT2D eigenvalue weighted by Gasteiger charge is 2.10. The molecule has 0 aliphatic carbocycles. The van der Waals surface area contributed by atoms with Crippen molar-refractivity contribution in [1.29, 1.82) is 0 Å². The number of rotatable bonds is 5. The molecule has 0 spiro atoms. The number of aromatic nitrogens is 1. The molecule has 7 heteroatoms. The van der Waals surface area contributed by atoms with Gasteiger partial charge in [0.15, 0.2) is 0 Å². The van der Waals surface area contributed by atoms with E-state index in [9.17, 15) is 13.6 Å². The van der Waals surface area contributed by atoms with Crippen LogP contribution in [0.2, 0.25) is 5.02 Å². The summed E-state index contributed by atoms with van der Waals surface area (Å²) in [4.78, 5) is 16.3. The van der Waals surface area contributed by atoms with Gasteiger partial charge < -0.3 is 10.6 Å². The van der Waals surface area contributed by atoms with Crippen molar-refractivity contribution in [2.24, 2.45) is 0 Å². The fourth-order valence-electron chi connectivity index (χ4n) is 2.28. The van der Waals surface area contributed by atoms with Crippen LogP contribution in [0.5, 0.6) is 0 Å². The van der Waals surface area contributed by atoms with Crippen LogP contribution in [0.1, 0.15) is 16.1 Å². The predicted octanol–water partition coefficient (Wildman–Crippen LogP) is 4.69. The van der Waals surface area contributed by atoms with Gasteiger partial charge in [-0.2, -0.15) is 0 Å². The summed E-state index contributed by atoms with van der Waals surface area (Å²) in [6.45, 7) is 0.0540. The third-order valence-electron chi connectivity index (χ3n) is 3.60. The summed E-state index contributed by atoms with van der Waals surface area (Å²) in [6.07, 6.45) is 1.46. The van der Waals surface area contributed by atoms with E-state index in [1.807, 2.05) is 0 Å². The summed E-state index contributed by atoms with van der Waals surface area (Å²) in [5.74, 6) is -1.33. The lowest BCUT2D eigenvalue weighted by Crippen LogP contribution is -2.24. The van der Waals surface area contributed by atoms with E-state index < -0.39 is 11.7 Å². The van der Waals surface area contributed by atoms with Gasteiger partial charge in [-0.1, -0.05) is 29.8 Å². The van der Waals surface area contributed by atoms with Crippen molar-refractivity contribution in [3.05, 3.63) is 88.7 Å². The molecule has 0 atom stereocenters. The van der Waals surface area contributed by atoms with Gasteiger partial charge in [-0.3, -0.25) is 9.78 Å². The molecule has 1 heterocycles. The minimum absolute atomic E-state index is 0.00749. The Morgan fingerprint density at radius 3 is 2.54 bits per heavy atom. The highest BCUT2D eigenvalue weighted by molar-refractivity contribution is 6.31. The van der Waals surface area contributed by atoms with E-state index in [2.05, 4.69) is 15.6 Å². The third-order valence-corrected chi connectivity index (χ3v) is 3.89. The fourth-order valence-corrected chi connectivity index (χ4v) is 2.46. The SMILES string of the molecule is O=C(NCc1ccccc1F)c1cc(Nc2ccc(F)c(Cl)c2)ccn1. The smallest absolute Gasteiger partial charge is 0.270 e. The summed E-state index contributed by atoms with van der Waals surface area (Å²) in [5, 5.41) is 5.64. The zero-order chi connectivity index (χ0) is 18.5. The van der Waals surface area contributed by atoms with Crippen LogP contribution in [0, 0.1) is 11.6 Å². The van der Waals surface area contributed by atoms with Gasteiger partial charge >= 0.3 is 0 Å². The molecule has 0 fully saturated rings. The molecule has 3 rings (SSSR count). The van der Waals surface area contributed by atoms with Crippen molar-refractivity contribution >= 4 is 28.9 Å². The fraction of sp³-hybridized carbons (Fsp3) is 0.0526. The van der Waals surface area contributed by atoms with Gasteiger partial charge in [0.05, 0.1) is 5.02 Å². The molecule has 1 aromatic heterocycles. The number of benzene rings is 2. The first kappa shape index (κ1) is 17.8. The topological polar surface area (TPSA) is 54.0 Å². The second-order valence-electron chi connectivity index (χ2n) is 5.46. The normalized spacial score (nSPS) is 10.4. The molecule has 2 N–H and O–H groups in total. The van der Waals surface area contributed by atoms with Crippen LogP contribution in [0.15, 0.2) is 60.8 Å². The highest BCUT2D eigenvalue weighted by Crippen LogP contribution is 2.22. The van der Waals surface area contributed by atoms with Gasteiger partial charge in [0.2, 0.25) is 0 Å².